The number of likely N-dealkylation sites (tertiary alicyclic amines) is 1. The van der Waals surface area contributed by atoms with Crippen LogP contribution in [0.15, 0.2) is 0 Å². The molecular weight excluding hydrogens is 281 g/mol. The molecule has 0 saturated carbocycles. The van der Waals surface area contributed by atoms with Crippen molar-refractivity contribution in [3.05, 3.63) is 0 Å². The molecule has 2 rings (SSSR count). The lowest BCUT2D eigenvalue weighted by Crippen LogP contribution is -2.58. The van der Waals surface area contributed by atoms with Crippen molar-refractivity contribution in [1.29, 1.82) is 0 Å². The molecule has 0 aliphatic carbocycles. The van der Waals surface area contributed by atoms with Crippen molar-refractivity contribution in [3.8, 4) is 0 Å². The predicted molar refractivity (Wildman–Crippen MR) is 74.8 cm³/mol. The molecule has 0 aromatic heterocycles. The third-order valence-corrected chi connectivity index (χ3v) is 4.89. The summed E-state index contributed by atoms with van der Waals surface area (Å²) in [5.41, 5.74) is -1.96. The lowest BCUT2D eigenvalue weighted by Gasteiger charge is -2.43. The average Bonchev–Trinajstić information content (AvgIpc) is 2.58. The van der Waals surface area contributed by atoms with Gasteiger partial charge in [-0.3, -0.25) is 9.69 Å². The Morgan fingerprint density at radius 3 is 2.00 bits per heavy atom. The molecule has 6 heteroatoms. The minimum absolute atomic E-state index is 0.0858. The molecule has 1 amide bonds. The number of amides is 1. The van der Waals surface area contributed by atoms with E-state index in [1.807, 2.05) is 0 Å². The Kier molecular flexibility index (Phi) is 4.30. The van der Waals surface area contributed by atoms with Gasteiger partial charge in [-0.15, -0.1) is 0 Å². The molecule has 3 nitrogen and oxygen atoms in total. The van der Waals surface area contributed by atoms with E-state index < -0.39 is 18.0 Å². The van der Waals surface area contributed by atoms with E-state index in [1.165, 1.54) is 0 Å². The van der Waals surface area contributed by atoms with E-state index in [1.54, 1.807) is 4.90 Å². The van der Waals surface area contributed by atoms with Crippen LogP contribution in [0, 0.1) is 5.41 Å². The molecule has 21 heavy (non-hydrogen) atoms. The van der Waals surface area contributed by atoms with Crippen LogP contribution in [0.5, 0.6) is 0 Å². The number of halogens is 3. The highest BCUT2D eigenvalue weighted by Gasteiger charge is 2.51. The molecule has 122 valence electrons. The van der Waals surface area contributed by atoms with Crippen LogP contribution in [0.25, 0.3) is 0 Å². The normalized spacial score (nSPS) is 27.5. The van der Waals surface area contributed by atoms with Crippen LogP contribution in [0.1, 0.15) is 47.0 Å². The fraction of sp³-hybridized carbons (Fsp3) is 0.933. The quantitative estimate of drug-likeness (QED) is 0.800. The number of hydrogen-bond acceptors (Lipinski definition) is 2. The Morgan fingerprint density at radius 2 is 1.62 bits per heavy atom. The third-order valence-electron chi connectivity index (χ3n) is 4.89. The Morgan fingerprint density at radius 1 is 1.14 bits per heavy atom. The molecule has 0 aromatic rings. The number of carbonyl (C=O) groups is 1. The van der Waals surface area contributed by atoms with Gasteiger partial charge in [-0.1, -0.05) is 13.8 Å². The number of carbonyl (C=O) groups excluding carboxylic acids is 1. The zero-order chi connectivity index (χ0) is 16.0. The smallest absolute Gasteiger partial charge is 0.334 e. The van der Waals surface area contributed by atoms with Gasteiger partial charge in [-0.2, -0.15) is 13.2 Å². The molecule has 2 fully saturated rings. The highest BCUT2D eigenvalue weighted by atomic mass is 19.4. The summed E-state index contributed by atoms with van der Waals surface area (Å²) >= 11 is 0. The van der Waals surface area contributed by atoms with E-state index in [-0.39, 0.29) is 18.0 Å². The maximum Gasteiger partial charge on any atom is 0.394 e. The Hall–Kier alpha value is -0.780. The second-order valence-corrected chi connectivity index (χ2v) is 7.29. The van der Waals surface area contributed by atoms with Gasteiger partial charge in [-0.05, 0) is 26.7 Å². The number of rotatable bonds is 3. The Balaban J connectivity index is 2.05. The van der Waals surface area contributed by atoms with Crippen LogP contribution in [0.4, 0.5) is 13.2 Å². The highest BCUT2D eigenvalue weighted by Crippen LogP contribution is 2.42. The summed E-state index contributed by atoms with van der Waals surface area (Å²) < 4.78 is 38.9. The van der Waals surface area contributed by atoms with Crippen LogP contribution in [-0.4, -0.2) is 53.1 Å². The van der Waals surface area contributed by atoms with Crippen LogP contribution in [-0.2, 0) is 4.79 Å². The summed E-state index contributed by atoms with van der Waals surface area (Å²) in [4.78, 5) is 16.5. The SMILES string of the molecule is CC(C)N1CC2CCC(C1)N2C(=O)CC(C)(C)C(F)(F)F. The first-order chi connectivity index (χ1) is 9.53. The minimum atomic E-state index is -4.35. The highest BCUT2D eigenvalue weighted by molar-refractivity contribution is 5.78. The molecule has 2 heterocycles. The lowest BCUT2D eigenvalue weighted by atomic mass is 9.87. The second-order valence-electron chi connectivity index (χ2n) is 7.29. The summed E-state index contributed by atoms with van der Waals surface area (Å²) in [6, 6.07) is 0.585. The van der Waals surface area contributed by atoms with Gasteiger partial charge in [0.2, 0.25) is 5.91 Å². The molecule has 2 unspecified atom stereocenters. The summed E-state index contributed by atoms with van der Waals surface area (Å²) in [5, 5.41) is 0. The average molecular weight is 306 g/mol. The van der Waals surface area contributed by atoms with Crippen molar-refractivity contribution < 1.29 is 18.0 Å². The van der Waals surface area contributed by atoms with E-state index in [4.69, 9.17) is 0 Å². The summed E-state index contributed by atoms with van der Waals surface area (Å²) in [6.45, 7) is 8.01. The zero-order valence-electron chi connectivity index (χ0n) is 13.2. The second kappa shape index (κ2) is 5.45. The first-order valence-corrected chi connectivity index (χ1v) is 7.65. The Labute approximate surface area is 124 Å². The molecule has 0 N–H and O–H groups in total. The zero-order valence-corrected chi connectivity index (χ0v) is 13.2. The monoisotopic (exact) mass is 306 g/mol. The van der Waals surface area contributed by atoms with Crippen molar-refractivity contribution >= 4 is 5.91 Å². The molecule has 2 aliphatic heterocycles. The molecule has 2 bridgehead atoms. The van der Waals surface area contributed by atoms with Gasteiger partial charge in [0.05, 0.1) is 5.41 Å². The molecule has 0 spiro atoms. The topological polar surface area (TPSA) is 23.6 Å². The molecule has 0 aromatic carbocycles. The molecule has 0 radical (unpaired) electrons. The van der Waals surface area contributed by atoms with Gasteiger partial charge in [0, 0.05) is 37.6 Å². The molecule has 2 saturated heterocycles. The Bertz CT molecular complexity index is 392. The lowest BCUT2D eigenvalue weighted by molar-refractivity contribution is -0.216. The van der Waals surface area contributed by atoms with Crippen LogP contribution in [0.2, 0.25) is 0 Å². The largest absolute Gasteiger partial charge is 0.394 e. The molecular formula is C15H25F3N2O. The summed E-state index contributed by atoms with van der Waals surface area (Å²) in [7, 11) is 0. The van der Waals surface area contributed by atoms with Crippen molar-refractivity contribution in [2.75, 3.05) is 13.1 Å². The number of piperazine rings is 1. The number of alkyl halides is 3. The fourth-order valence-electron chi connectivity index (χ4n) is 3.33. The summed E-state index contributed by atoms with van der Waals surface area (Å²) in [5.74, 6) is -0.340. The first-order valence-electron chi connectivity index (χ1n) is 7.65. The molecule has 2 aliphatic rings. The fourth-order valence-corrected chi connectivity index (χ4v) is 3.33. The van der Waals surface area contributed by atoms with Crippen LogP contribution in [0.3, 0.4) is 0 Å². The van der Waals surface area contributed by atoms with Crippen LogP contribution < -0.4 is 0 Å². The van der Waals surface area contributed by atoms with Gasteiger partial charge in [-0.25, -0.2) is 0 Å². The molecule has 2 atom stereocenters. The van der Waals surface area contributed by atoms with Gasteiger partial charge < -0.3 is 4.90 Å². The third kappa shape index (κ3) is 3.20. The number of hydrogen-bond donors (Lipinski definition) is 0. The van der Waals surface area contributed by atoms with Gasteiger partial charge >= 0.3 is 6.18 Å². The first kappa shape index (κ1) is 16.6. The standard InChI is InChI=1S/C15H25F3N2O/c1-10(2)19-8-11-5-6-12(9-19)20(11)13(21)7-14(3,4)15(16,17)18/h10-12H,5-9H2,1-4H3. The maximum absolute atomic E-state index is 13.0. The van der Waals surface area contributed by atoms with Crippen LogP contribution >= 0.6 is 0 Å². The maximum atomic E-state index is 13.0. The van der Waals surface area contributed by atoms with E-state index in [9.17, 15) is 18.0 Å². The van der Waals surface area contributed by atoms with E-state index >= 15 is 0 Å². The van der Waals surface area contributed by atoms with Crippen molar-refractivity contribution in [1.82, 2.24) is 9.80 Å². The predicted octanol–water partition coefficient (Wildman–Crippen LogP) is 3.05. The summed E-state index contributed by atoms with van der Waals surface area (Å²) in [6.07, 6.45) is -2.98. The van der Waals surface area contributed by atoms with Crippen molar-refractivity contribution in [3.63, 3.8) is 0 Å². The van der Waals surface area contributed by atoms with Gasteiger partial charge in [0.25, 0.3) is 0 Å². The minimum Gasteiger partial charge on any atom is -0.334 e. The van der Waals surface area contributed by atoms with E-state index in [0.717, 1.165) is 39.8 Å². The number of fused-ring (bicyclic) bond motifs is 2. The van der Waals surface area contributed by atoms with Gasteiger partial charge in [0.15, 0.2) is 0 Å². The number of nitrogens with zero attached hydrogens (tertiary/aromatic N) is 2. The van der Waals surface area contributed by atoms with E-state index in [0.29, 0.717) is 6.04 Å². The van der Waals surface area contributed by atoms with Crippen molar-refractivity contribution in [2.45, 2.75) is 71.3 Å². The van der Waals surface area contributed by atoms with Crippen molar-refractivity contribution in [2.24, 2.45) is 5.41 Å². The van der Waals surface area contributed by atoms with Gasteiger partial charge in [0.1, 0.15) is 0 Å². The van der Waals surface area contributed by atoms with E-state index in [2.05, 4.69) is 18.7 Å².